The molecule has 27 heavy (non-hydrogen) atoms. The van der Waals surface area contributed by atoms with Crippen LogP contribution in [0.1, 0.15) is 23.0 Å². The van der Waals surface area contributed by atoms with Crippen molar-refractivity contribution in [2.24, 2.45) is 0 Å². The summed E-state index contributed by atoms with van der Waals surface area (Å²) in [7, 11) is 0. The molecule has 0 atom stereocenters. The van der Waals surface area contributed by atoms with Crippen molar-refractivity contribution >= 4 is 17.5 Å². The first-order chi connectivity index (χ1) is 13.1. The number of rotatable bonds is 6. The van der Waals surface area contributed by atoms with Gasteiger partial charge in [0.25, 0.3) is 5.91 Å². The lowest BCUT2D eigenvalue weighted by atomic mass is 10.2. The minimum absolute atomic E-state index is 0.0928. The first-order valence-electron chi connectivity index (χ1n) is 8.45. The van der Waals surface area contributed by atoms with E-state index in [2.05, 4.69) is 15.3 Å². The molecule has 3 aromatic rings. The zero-order valence-electron chi connectivity index (χ0n) is 14.7. The summed E-state index contributed by atoms with van der Waals surface area (Å²) in [5.74, 6) is -1.76. The van der Waals surface area contributed by atoms with Gasteiger partial charge in [-0.15, -0.1) is 0 Å². The number of carbonyl (C=O) groups is 1. The maximum Gasteiger partial charge on any atom is 0.274 e. The Balaban J connectivity index is 1.78. The molecule has 0 aliphatic carbocycles. The first-order valence-corrected chi connectivity index (χ1v) is 8.45. The summed E-state index contributed by atoms with van der Waals surface area (Å²) in [6, 6.07) is 14.2. The maximum atomic E-state index is 13.7. The van der Waals surface area contributed by atoms with E-state index in [0.29, 0.717) is 25.1 Å². The largest absolute Gasteiger partial charge is 0.337 e. The molecule has 1 heterocycles. The van der Waals surface area contributed by atoms with E-state index in [0.717, 1.165) is 11.6 Å². The van der Waals surface area contributed by atoms with Crippen LogP contribution in [0, 0.1) is 11.6 Å². The summed E-state index contributed by atoms with van der Waals surface area (Å²) < 4.78 is 26.7. The Morgan fingerprint density at radius 2 is 1.89 bits per heavy atom. The fourth-order valence-electron chi connectivity index (χ4n) is 2.53. The molecule has 1 N–H and O–H groups in total. The monoisotopic (exact) mass is 368 g/mol. The van der Waals surface area contributed by atoms with Gasteiger partial charge >= 0.3 is 0 Å². The Morgan fingerprint density at radius 1 is 1.11 bits per heavy atom. The minimum atomic E-state index is -0.850. The highest BCUT2D eigenvalue weighted by Gasteiger charge is 2.15. The van der Waals surface area contributed by atoms with Crippen molar-refractivity contribution in [1.29, 1.82) is 0 Å². The van der Waals surface area contributed by atoms with E-state index in [1.165, 1.54) is 18.3 Å². The molecule has 0 bridgehead atoms. The second kappa shape index (κ2) is 8.35. The predicted molar refractivity (Wildman–Crippen MR) is 99.5 cm³/mol. The van der Waals surface area contributed by atoms with E-state index in [1.54, 1.807) is 0 Å². The normalized spacial score (nSPS) is 10.5. The molecule has 0 spiro atoms. The zero-order valence-corrected chi connectivity index (χ0v) is 14.7. The van der Waals surface area contributed by atoms with Crippen molar-refractivity contribution < 1.29 is 13.6 Å². The highest BCUT2D eigenvalue weighted by Crippen LogP contribution is 2.17. The average Bonchev–Trinajstić information content (AvgIpc) is 2.69. The Labute approximate surface area is 155 Å². The van der Waals surface area contributed by atoms with E-state index in [9.17, 15) is 13.6 Å². The summed E-state index contributed by atoms with van der Waals surface area (Å²) in [6.07, 6.45) is 1.48. The topological polar surface area (TPSA) is 58.1 Å². The summed E-state index contributed by atoms with van der Waals surface area (Å²) >= 11 is 0. The average molecular weight is 368 g/mol. The highest BCUT2D eigenvalue weighted by molar-refractivity contribution is 6.03. The lowest BCUT2D eigenvalue weighted by Crippen LogP contribution is -2.25. The van der Waals surface area contributed by atoms with Gasteiger partial charge in [0.05, 0.1) is 5.69 Å². The third-order valence-corrected chi connectivity index (χ3v) is 3.94. The number of amides is 1. The van der Waals surface area contributed by atoms with Gasteiger partial charge < -0.3 is 10.2 Å². The number of carbonyl (C=O) groups excluding carboxylic acids is 1. The van der Waals surface area contributed by atoms with Crippen LogP contribution in [0.25, 0.3) is 0 Å². The van der Waals surface area contributed by atoms with Gasteiger partial charge in [-0.25, -0.2) is 18.7 Å². The standard InChI is InChI=1S/C20H18F2N4O/c1-2-26(13-14-6-4-3-5-7-14)20-23-11-10-18(25-20)19(27)24-17-9-8-15(21)12-16(17)22/h3-12H,2,13H2,1H3,(H,24,27). The number of benzene rings is 2. The molecular formula is C20H18F2N4O. The fourth-order valence-corrected chi connectivity index (χ4v) is 2.53. The molecule has 5 nitrogen and oxygen atoms in total. The van der Waals surface area contributed by atoms with Crippen molar-refractivity contribution in [2.75, 3.05) is 16.8 Å². The minimum Gasteiger partial charge on any atom is -0.337 e. The number of nitrogens with zero attached hydrogens (tertiary/aromatic N) is 3. The van der Waals surface area contributed by atoms with E-state index >= 15 is 0 Å². The molecule has 3 rings (SSSR count). The highest BCUT2D eigenvalue weighted by atomic mass is 19.1. The van der Waals surface area contributed by atoms with Gasteiger partial charge in [-0.3, -0.25) is 4.79 Å². The molecule has 0 radical (unpaired) electrons. The molecule has 1 amide bonds. The van der Waals surface area contributed by atoms with Crippen LogP contribution in [0.4, 0.5) is 20.4 Å². The molecular weight excluding hydrogens is 350 g/mol. The predicted octanol–water partition coefficient (Wildman–Crippen LogP) is 4.03. The van der Waals surface area contributed by atoms with E-state index in [-0.39, 0.29) is 11.4 Å². The molecule has 7 heteroatoms. The number of anilines is 2. The van der Waals surface area contributed by atoms with Gasteiger partial charge in [0.1, 0.15) is 17.3 Å². The van der Waals surface area contributed by atoms with Gasteiger partial charge in [-0.2, -0.15) is 0 Å². The maximum absolute atomic E-state index is 13.7. The third kappa shape index (κ3) is 4.63. The molecule has 2 aromatic carbocycles. The van der Waals surface area contributed by atoms with Crippen LogP contribution in [-0.2, 0) is 6.54 Å². The molecule has 1 aromatic heterocycles. The Kier molecular flexibility index (Phi) is 5.71. The van der Waals surface area contributed by atoms with Crippen molar-refractivity contribution in [2.45, 2.75) is 13.5 Å². The summed E-state index contributed by atoms with van der Waals surface area (Å²) in [5.41, 5.74) is 1.07. The third-order valence-electron chi connectivity index (χ3n) is 3.94. The van der Waals surface area contributed by atoms with Crippen LogP contribution >= 0.6 is 0 Å². The van der Waals surface area contributed by atoms with Crippen molar-refractivity contribution in [3.63, 3.8) is 0 Å². The molecule has 0 saturated carbocycles. The quantitative estimate of drug-likeness (QED) is 0.714. The lowest BCUT2D eigenvalue weighted by Gasteiger charge is -2.21. The van der Waals surface area contributed by atoms with Crippen LogP contribution in [-0.4, -0.2) is 22.4 Å². The molecule has 138 valence electrons. The number of hydrogen-bond donors (Lipinski definition) is 1. The SMILES string of the molecule is CCN(Cc1ccccc1)c1nccc(C(=O)Nc2ccc(F)cc2F)n1. The fraction of sp³-hybridized carbons (Fsp3) is 0.150. The van der Waals surface area contributed by atoms with E-state index in [1.807, 2.05) is 42.2 Å². The van der Waals surface area contributed by atoms with Gasteiger partial charge in [0.15, 0.2) is 0 Å². The number of nitrogens with one attached hydrogen (secondary N) is 1. The smallest absolute Gasteiger partial charge is 0.274 e. The zero-order chi connectivity index (χ0) is 19.2. The number of halogens is 2. The molecule has 0 aliphatic heterocycles. The van der Waals surface area contributed by atoms with Crippen LogP contribution in [0.3, 0.4) is 0 Å². The summed E-state index contributed by atoms with van der Waals surface area (Å²) in [6.45, 7) is 3.20. The second-order valence-corrected chi connectivity index (χ2v) is 5.82. The Hall–Kier alpha value is -3.35. The van der Waals surface area contributed by atoms with E-state index < -0.39 is 17.5 Å². The first kappa shape index (κ1) is 18.4. The van der Waals surface area contributed by atoms with Gasteiger partial charge in [-0.05, 0) is 30.7 Å². The Morgan fingerprint density at radius 3 is 2.59 bits per heavy atom. The van der Waals surface area contributed by atoms with Crippen LogP contribution in [0.15, 0.2) is 60.8 Å². The van der Waals surface area contributed by atoms with Crippen LogP contribution in [0.2, 0.25) is 0 Å². The molecule has 0 unspecified atom stereocenters. The second-order valence-electron chi connectivity index (χ2n) is 5.82. The van der Waals surface area contributed by atoms with E-state index in [4.69, 9.17) is 0 Å². The van der Waals surface area contributed by atoms with Crippen molar-refractivity contribution in [3.05, 3.63) is 83.7 Å². The summed E-state index contributed by atoms with van der Waals surface area (Å²) in [5, 5.41) is 2.40. The van der Waals surface area contributed by atoms with Gasteiger partial charge in [0, 0.05) is 25.4 Å². The number of aromatic nitrogens is 2. The van der Waals surface area contributed by atoms with Gasteiger partial charge in [0.2, 0.25) is 5.95 Å². The lowest BCUT2D eigenvalue weighted by molar-refractivity contribution is 0.102. The molecule has 0 saturated heterocycles. The van der Waals surface area contributed by atoms with Gasteiger partial charge in [-0.1, -0.05) is 30.3 Å². The Bertz CT molecular complexity index is 934. The van der Waals surface area contributed by atoms with Crippen LogP contribution in [0.5, 0.6) is 0 Å². The molecule has 0 aliphatic rings. The van der Waals surface area contributed by atoms with Crippen molar-refractivity contribution in [3.8, 4) is 0 Å². The molecule has 0 fully saturated rings. The van der Waals surface area contributed by atoms with Crippen LogP contribution < -0.4 is 10.2 Å². The van der Waals surface area contributed by atoms with Crippen molar-refractivity contribution in [1.82, 2.24) is 9.97 Å². The summed E-state index contributed by atoms with van der Waals surface area (Å²) in [4.78, 5) is 22.8. The number of hydrogen-bond acceptors (Lipinski definition) is 4.